The van der Waals surface area contributed by atoms with Gasteiger partial charge >= 0.3 is 5.97 Å². The van der Waals surface area contributed by atoms with Crippen LogP contribution in [0.3, 0.4) is 0 Å². The van der Waals surface area contributed by atoms with Crippen LogP contribution in [0.25, 0.3) is 0 Å². The largest absolute Gasteiger partial charge is 0.465 e. The molecule has 4 heteroatoms. The van der Waals surface area contributed by atoms with Crippen LogP contribution in [0.4, 0.5) is 0 Å². The summed E-state index contributed by atoms with van der Waals surface area (Å²) in [5.74, 6) is 1.90. The first kappa shape index (κ1) is 15.9. The third-order valence-electron chi connectivity index (χ3n) is 4.85. The van der Waals surface area contributed by atoms with Crippen molar-refractivity contribution in [3.8, 4) is 0 Å². The summed E-state index contributed by atoms with van der Waals surface area (Å²) in [5.41, 5.74) is -0.382. The topological polar surface area (TPSA) is 43.4 Å². The Bertz CT molecular complexity index is 354. The molecular formula is C16H26O3S. The van der Waals surface area contributed by atoms with Gasteiger partial charge in [-0.1, -0.05) is 6.92 Å². The average molecular weight is 298 g/mol. The van der Waals surface area contributed by atoms with E-state index >= 15 is 0 Å². The number of unbranched alkanes of at least 4 members (excludes halogenated alkanes) is 1. The maximum Gasteiger partial charge on any atom is 0.312 e. The molecule has 0 aliphatic heterocycles. The third-order valence-corrected chi connectivity index (χ3v) is 5.17. The molecule has 2 rings (SSSR count). The molecular weight excluding hydrogens is 272 g/mol. The van der Waals surface area contributed by atoms with E-state index in [1.54, 1.807) is 0 Å². The monoisotopic (exact) mass is 298 g/mol. The molecule has 0 aromatic rings. The Hall–Kier alpha value is -0.510. The number of carbonyl (C=O) groups is 2. The molecule has 0 radical (unpaired) electrons. The summed E-state index contributed by atoms with van der Waals surface area (Å²) in [4.78, 5) is 23.7. The number of ether oxygens (including phenoxy) is 1. The number of esters is 1. The van der Waals surface area contributed by atoms with E-state index in [4.69, 9.17) is 4.74 Å². The van der Waals surface area contributed by atoms with Gasteiger partial charge in [-0.2, -0.15) is 12.6 Å². The normalized spacial score (nSPS) is 36.4. The highest BCUT2D eigenvalue weighted by atomic mass is 32.1. The van der Waals surface area contributed by atoms with E-state index in [1.807, 2.05) is 0 Å². The van der Waals surface area contributed by atoms with E-state index in [2.05, 4.69) is 19.6 Å². The summed E-state index contributed by atoms with van der Waals surface area (Å²) < 4.78 is 5.51. The number of rotatable bonds is 6. The molecule has 0 saturated heterocycles. The second kappa shape index (κ2) is 6.97. The molecule has 114 valence electrons. The molecule has 4 atom stereocenters. The third kappa shape index (κ3) is 3.57. The van der Waals surface area contributed by atoms with Gasteiger partial charge < -0.3 is 9.53 Å². The summed E-state index contributed by atoms with van der Waals surface area (Å²) in [6.45, 7) is 2.71. The maximum atomic E-state index is 12.5. The lowest BCUT2D eigenvalue weighted by Crippen LogP contribution is -2.46. The molecule has 0 heterocycles. The molecule has 20 heavy (non-hydrogen) atoms. The fourth-order valence-electron chi connectivity index (χ4n) is 4.28. The zero-order valence-corrected chi connectivity index (χ0v) is 13.2. The van der Waals surface area contributed by atoms with Crippen LogP contribution >= 0.6 is 12.6 Å². The Morgan fingerprint density at radius 3 is 2.80 bits per heavy atom. The minimum atomic E-state index is -0.382. The first-order chi connectivity index (χ1) is 9.59. The summed E-state index contributed by atoms with van der Waals surface area (Å²) >= 11 is 4.16. The molecule has 2 fully saturated rings. The Kier molecular flexibility index (Phi) is 5.53. The average Bonchev–Trinajstić information content (AvgIpc) is 2.41. The van der Waals surface area contributed by atoms with Crippen LogP contribution < -0.4 is 0 Å². The Balaban J connectivity index is 2.00. The van der Waals surface area contributed by atoms with Gasteiger partial charge in [0.2, 0.25) is 0 Å². The van der Waals surface area contributed by atoms with Crippen LogP contribution in [0.15, 0.2) is 0 Å². The smallest absolute Gasteiger partial charge is 0.312 e. The van der Waals surface area contributed by atoms with Gasteiger partial charge in [0.25, 0.3) is 0 Å². The van der Waals surface area contributed by atoms with Crippen molar-refractivity contribution in [2.75, 3.05) is 12.4 Å². The molecule has 2 saturated carbocycles. The lowest BCUT2D eigenvalue weighted by Gasteiger charge is -2.47. The van der Waals surface area contributed by atoms with Crippen molar-refractivity contribution >= 4 is 24.9 Å². The molecule has 0 aromatic carbocycles. The molecule has 0 amide bonds. The van der Waals surface area contributed by atoms with Gasteiger partial charge in [-0.15, -0.1) is 0 Å². The highest BCUT2D eigenvalue weighted by Gasteiger charge is 2.50. The second-order valence-electron chi connectivity index (χ2n) is 6.80. The van der Waals surface area contributed by atoms with E-state index < -0.39 is 0 Å². The first-order valence-corrected chi connectivity index (χ1v) is 8.46. The van der Waals surface area contributed by atoms with Gasteiger partial charge in [0.1, 0.15) is 6.29 Å². The predicted octanol–water partition coefficient (Wildman–Crippen LogP) is 3.27. The highest BCUT2D eigenvalue weighted by molar-refractivity contribution is 7.80. The fraction of sp³-hybridized carbons (Fsp3) is 0.875. The first-order valence-electron chi connectivity index (χ1n) is 7.83. The molecule has 0 N–H and O–H groups in total. The van der Waals surface area contributed by atoms with Gasteiger partial charge in [0, 0.05) is 5.92 Å². The van der Waals surface area contributed by atoms with Crippen LogP contribution in [-0.2, 0) is 14.3 Å². The van der Waals surface area contributed by atoms with Crippen molar-refractivity contribution in [3.05, 3.63) is 0 Å². The Labute approximate surface area is 127 Å². The number of aldehydes is 1. The van der Waals surface area contributed by atoms with Crippen molar-refractivity contribution < 1.29 is 14.3 Å². The number of carbonyl (C=O) groups excluding carboxylic acids is 2. The quantitative estimate of drug-likeness (QED) is 0.354. The van der Waals surface area contributed by atoms with Gasteiger partial charge in [-0.05, 0) is 62.5 Å². The maximum absolute atomic E-state index is 12.5. The van der Waals surface area contributed by atoms with Crippen LogP contribution in [0.2, 0.25) is 0 Å². The summed E-state index contributed by atoms with van der Waals surface area (Å²) in [6, 6.07) is 0. The summed E-state index contributed by atoms with van der Waals surface area (Å²) in [6.07, 6.45) is 7.52. The number of hydrogen-bond donors (Lipinski definition) is 1. The fourth-order valence-corrected chi connectivity index (χ4v) is 4.51. The number of fused-ring (bicyclic) bond motifs is 2. The highest BCUT2D eigenvalue weighted by Crippen LogP contribution is 2.53. The van der Waals surface area contributed by atoms with E-state index in [1.165, 1.54) is 0 Å². The zero-order valence-electron chi connectivity index (χ0n) is 12.3. The summed E-state index contributed by atoms with van der Waals surface area (Å²) in [5, 5.41) is 0. The van der Waals surface area contributed by atoms with Crippen molar-refractivity contribution in [2.45, 2.75) is 51.9 Å². The van der Waals surface area contributed by atoms with Crippen LogP contribution in [0.1, 0.15) is 51.9 Å². The van der Waals surface area contributed by atoms with Crippen LogP contribution in [0.5, 0.6) is 0 Å². The lowest BCUT2D eigenvalue weighted by atomic mass is 9.57. The second-order valence-corrected chi connectivity index (χ2v) is 7.25. The van der Waals surface area contributed by atoms with Gasteiger partial charge in [0.05, 0.1) is 12.0 Å². The van der Waals surface area contributed by atoms with Crippen molar-refractivity contribution in [1.29, 1.82) is 0 Å². The number of hydrogen-bond acceptors (Lipinski definition) is 4. The predicted molar refractivity (Wildman–Crippen MR) is 81.8 cm³/mol. The standard InChI is InChI=1S/C16H26O3S/c1-12-6-13-7-14(11-17)10-16(8-12,9-13)15(18)19-4-2-3-5-20/h11-14,20H,2-10H2,1H3. The SMILES string of the molecule is CC1CC2CC(C=O)CC(C(=O)OCCCCS)(C1)C2. The van der Waals surface area contributed by atoms with Crippen molar-refractivity contribution in [3.63, 3.8) is 0 Å². The van der Waals surface area contributed by atoms with E-state index in [0.717, 1.165) is 50.6 Å². The van der Waals surface area contributed by atoms with Crippen molar-refractivity contribution in [1.82, 2.24) is 0 Å². The molecule has 2 aliphatic carbocycles. The Morgan fingerprint density at radius 2 is 2.10 bits per heavy atom. The van der Waals surface area contributed by atoms with E-state index in [-0.39, 0.29) is 17.3 Å². The van der Waals surface area contributed by atoms with Crippen molar-refractivity contribution in [2.24, 2.45) is 23.2 Å². The molecule has 0 spiro atoms. The zero-order chi connectivity index (χ0) is 14.6. The van der Waals surface area contributed by atoms with Gasteiger partial charge in [0.15, 0.2) is 0 Å². The lowest BCUT2D eigenvalue weighted by molar-refractivity contribution is -0.165. The molecule has 0 aromatic heterocycles. The molecule has 3 nitrogen and oxygen atoms in total. The minimum Gasteiger partial charge on any atom is -0.465 e. The number of thiol groups is 1. The minimum absolute atomic E-state index is 0.0474. The molecule has 4 unspecified atom stereocenters. The van der Waals surface area contributed by atoms with Gasteiger partial charge in [-0.3, -0.25) is 4.79 Å². The van der Waals surface area contributed by atoms with E-state index in [0.29, 0.717) is 24.9 Å². The summed E-state index contributed by atoms with van der Waals surface area (Å²) in [7, 11) is 0. The van der Waals surface area contributed by atoms with Crippen LogP contribution in [-0.4, -0.2) is 24.6 Å². The van der Waals surface area contributed by atoms with Crippen LogP contribution in [0, 0.1) is 23.2 Å². The van der Waals surface area contributed by atoms with Gasteiger partial charge in [-0.25, -0.2) is 0 Å². The van der Waals surface area contributed by atoms with E-state index in [9.17, 15) is 9.59 Å². The molecule has 2 aliphatic rings. The molecule has 2 bridgehead atoms. The Morgan fingerprint density at radius 1 is 1.30 bits per heavy atom.